The largest absolute Gasteiger partial charge is 0.354 e. The lowest BCUT2D eigenvalue weighted by Gasteiger charge is -2.36. The molecule has 1 aliphatic heterocycles. The first-order valence-corrected chi connectivity index (χ1v) is 6.81. The molecule has 0 amide bonds. The minimum absolute atomic E-state index is 0.214. The topological polar surface area (TPSA) is 28.2 Å². The van der Waals surface area contributed by atoms with Gasteiger partial charge in [-0.2, -0.15) is 0 Å². The molecule has 0 aliphatic carbocycles. The molecule has 100 valence electrons. The zero-order chi connectivity index (χ0) is 13.0. The molecule has 2 heterocycles. The first kappa shape index (κ1) is 13.3. The lowest BCUT2D eigenvalue weighted by molar-refractivity contribution is 0.322. The van der Waals surface area contributed by atoms with Crippen LogP contribution in [0.15, 0.2) is 18.3 Å². The number of anilines is 1. The first-order valence-electron chi connectivity index (χ1n) is 6.81. The zero-order valence-electron chi connectivity index (χ0n) is 11.2. The first-order chi connectivity index (χ1) is 8.72. The molecule has 0 bridgehead atoms. The van der Waals surface area contributed by atoms with Crippen molar-refractivity contribution in [1.82, 2.24) is 10.3 Å². The summed E-state index contributed by atoms with van der Waals surface area (Å²) < 4.78 is 13.7. The van der Waals surface area contributed by atoms with Crippen molar-refractivity contribution in [3.63, 3.8) is 0 Å². The predicted octanol–water partition coefficient (Wildman–Crippen LogP) is 2.44. The number of nitrogens with zero attached hydrogens (tertiary/aromatic N) is 2. The number of hydrogen-bond donors (Lipinski definition) is 1. The lowest BCUT2D eigenvalue weighted by Crippen LogP contribution is -2.45. The van der Waals surface area contributed by atoms with E-state index in [9.17, 15) is 4.39 Å². The van der Waals surface area contributed by atoms with Crippen LogP contribution in [0, 0.1) is 11.7 Å². The molecule has 0 spiro atoms. The van der Waals surface area contributed by atoms with Gasteiger partial charge in [-0.15, -0.1) is 0 Å². The van der Waals surface area contributed by atoms with Crippen molar-refractivity contribution >= 4 is 5.82 Å². The second-order valence-electron chi connectivity index (χ2n) is 5.00. The van der Waals surface area contributed by atoms with Gasteiger partial charge in [0.25, 0.3) is 0 Å². The van der Waals surface area contributed by atoms with E-state index in [0.29, 0.717) is 17.8 Å². The fourth-order valence-electron chi connectivity index (χ4n) is 2.71. The van der Waals surface area contributed by atoms with Gasteiger partial charge in [0, 0.05) is 25.3 Å². The number of piperidine rings is 1. The highest BCUT2D eigenvalue weighted by Gasteiger charge is 2.26. The molecule has 3 nitrogen and oxygen atoms in total. The van der Waals surface area contributed by atoms with Crippen LogP contribution in [0.2, 0.25) is 0 Å². The average Bonchev–Trinajstić information content (AvgIpc) is 2.40. The van der Waals surface area contributed by atoms with Crippen molar-refractivity contribution in [2.45, 2.75) is 32.7 Å². The second kappa shape index (κ2) is 6.14. The van der Waals surface area contributed by atoms with Gasteiger partial charge in [-0.3, -0.25) is 0 Å². The highest BCUT2D eigenvalue weighted by molar-refractivity contribution is 5.40. The summed E-state index contributed by atoms with van der Waals surface area (Å²) in [4.78, 5) is 6.25. The lowest BCUT2D eigenvalue weighted by atomic mass is 9.91. The minimum Gasteiger partial charge on any atom is -0.354 e. The van der Waals surface area contributed by atoms with Gasteiger partial charge in [0.2, 0.25) is 0 Å². The van der Waals surface area contributed by atoms with Crippen molar-refractivity contribution in [1.29, 1.82) is 0 Å². The SMILES string of the molecule is CCNC(C)C1CCCN(c2ncccc2F)C1. The van der Waals surface area contributed by atoms with E-state index in [1.165, 1.54) is 12.5 Å². The van der Waals surface area contributed by atoms with Crippen LogP contribution in [0.5, 0.6) is 0 Å². The fourth-order valence-corrected chi connectivity index (χ4v) is 2.71. The molecule has 2 atom stereocenters. The molecule has 1 aromatic heterocycles. The van der Waals surface area contributed by atoms with Gasteiger partial charge in [0.1, 0.15) is 0 Å². The number of pyridine rings is 1. The Morgan fingerprint density at radius 1 is 1.61 bits per heavy atom. The van der Waals surface area contributed by atoms with Crippen LogP contribution in [0.25, 0.3) is 0 Å². The van der Waals surface area contributed by atoms with Crippen LogP contribution in [-0.4, -0.2) is 30.7 Å². The number of nitrogens with one attached hydrogen (secondary N) is 1. The van der Waals surface area contributed by atoms with Gasteiger partial charge < -0.3 is 10.2 Å². The third-order valence-corrected chi connectivity index (χ3v) is 3.73. The molecule has 1 saturated heterocycles. The molecule has 0 aromatic carbocycles. The van der Waals surface area contributed by atoms with E-state index in [-0.39, 0.29) is 5.82 Å². The molecule has 2 unspecified atom stereocenters. The highest BCUT2D eigenvalue weighted by atomic mass is 19.1. The van der Waals surface area contributed by atoms with E-state index in [4.69, 9.17) is 0 Å². The summed E-state index contributed by atoms with van der Waals surface area (Å²) in [6, 6.07) is 3.60. The van der Waals surface area contributed by atoms with Gasteiger partial charge in [-0.25, -0.2) is 9.37 Å². The van der Waals surface area contributed by atoms with Crippen LogP contribution in [-0.2, 0) is 0 Å². The van der Waals surface area contributed by atoms with Gasteiger partial charge in [-0.05, 0) is 44.4 Å². The Labute approximate surface area is 108 Å². The Hall–Kier alpha value is -1.16. The Morgan fingerprint density at radius 3 is 3.17 bits per heavy atom. The number of rotatable bonds is 4. The summed E-state index contributed by atoms with van der Waals surface area (Å²) >= 11 is 0. The van der Waals surface area contributed by atoms with Crippen molar-refractivity contribution in [2.75, 3.05) is 24.5 Å². The van der Waals surface area contributed by atoms with Crippen LogP contribution < -0.4 is 10.2 Å². The van der Waals surface area contributed by atoms with Crippen molar-refractivity contribution in [3.05, 3.63) is 24.1 Å². The highest BCUT2D eigenvalue weighted by Crippen LogP contribution is 2.25. The Balaban J connectivity index is 2.05. The van der Waals surface area contributed by atoms with Crippen molar-refractivity contribution in [3.8, 4) is 0 Å². The van der Waals surface area contributed by atoms with E-state index in [2.05, 4.69) is 29.0 Å². The number of halogens is 1. The molecule has 1 N–H and O–H groups in total. The average molecular weight is 251 g/mol. The summed E-state index contributed by atoms with van der Waals surface area (Å²) in [5.74, 6) is 0.861. The van der Waals surface area contributed by atoms with E-state index < -0.39 is 0 Å². The van der Waals surface area contributed by atoms with E-state index in [1.807, 2.05) is 0 Å². The molecule has 1 aromatic rings. The molecule has 2 rings (SSSR count). The maximum atomic E-state index is 13.7. The standard InChI is InChI=1S/C14H22FN3/c1-3-16-11(2)12-6-5-9-18(10-12)14-13(15)7-4-8-17-14/h4,7-8,11-12,16H,3,5-6,9-10H2,1-2H3. The molecule has 0 radical (unpaired) electrons. The molecule has 1 aliphatic rings. The summed E-state index contributed by atoms with van der Waals surface area (Å²) in [5, 5.41) is 3.46. The van der Waals surface area contributed by atoms with Crippen LogP contribution >= 0.6 is 0 Å². The summed E-state index contributed by atoms with van der Waals surface area (Å²) in [5.41, 5.74) is 0. The van der Waals surface area contributed by atoms with E-state index >= 15 is 0 Å². The smallest absolute Gasteiger partial charge is 0.165 e. The second-order valence-corrected chi connectivity index (χ2v) is 5.00. The fraction of sp³-hybridized carbons (Fsp3) is 0.643. The quantitative estimate of drug-likeness (QED) is 0.891. The molecular weight excluding hydrogens is 229 g/mol. The van der Waals surface area contributed by atoms with Crippen LogP contribution in [0.1, 0.15) is 26.7 Å². The Kier molecular flexibility index (Phi) is 4.53. The third-order valence-electron chi connectivity index (χ3n) is 3.73. The number of aromatic nitrogens is 1. The zero-order valence-corrected chi connectivity index (χ0v) is 11.2. The van der Waals surface area contributed by atoms with Gasteiger partial charge in [-0.1, -0.05) is 6.92 Å². The third kappa shape index (κ3) is 2.99. The van der Waals surface area contributed by atoms with Crippen molar-refractivity contribution in [2.24, 2.45) is 5.92 Å². The van der Waals surface area contributed by atoms with E-state index in [1.54, 1.807) is 12.3 Å². The van der Waals surface area contributed by atoms with Gasteiger partial charge in [0.05, 0.1) is 0 Å². The molecular formula is C14H22FN3. The summed E-state index contributed by atoms with van der Waals surface area (Å²) in [6.45, 7) is 7.11. The van der Waals surface area contributed by atoms with Crippen LogP contribution in [0.4, 0.5) is 10.2 Å². The Morgan fingerprint density at radius 2 is 2.44 bits per heavy atom. The molecule has 1 fully saturated rings. The number of hydrogen-bond acceptors (Lipinski definition) is 3. The van der Waals surface area contributed by atoms with Crippen LogP contribution in [0.3, 0.4) is 0 Å². The minimum atomic E-state index is -0.214. The predicted molar refractivity (Wildman–Crippen MR) is 72.3 cm³/mol. The summed E-state index contributed by atoms with van der Waals surface area (Å²) in [6.07, 6.45) is 3.98. The normalized spacial score (nSPS) is 21.9. The monoisotopic (exact) mass is 251 g/mol. The van der Waals surface area contributed by atoms with E-state index in [0.717, 1.165) is 26.1 Å². The maximum Gasteiger partial charge on any atom is 0.165 e. The Bertz CT molecular complexity index is 383. The van der Waals surface area contributed by atoms with Gasteiger partial charge >= 0.3 is 0 Å². The maximum absolute atomic E-state index is 13.7. The molecule has 4 heteroatoms. The molecule has 0 saturated carbocycles. The summed E-state index contributed by atoms with van der Waals surface area (Å²) in [7, 11) is 0. The van der Waals surface area contributed by atoms with Crippen molar-refractivity contribution < 1.29 is 4.39 Å². The van der Waals surface area contributed by atoms with Gasteiger partial charge in [0.15, 0.2) is 11.6 Å². The molecule has 18 heavy (non-hydrogen) atoms.